The van der Waals surface area contributed by atoms with Crippen LogP contribution in [0.3, 0.4) is 0 Å². The van der Waals surface area contributed by atoms with Gasteiger partial charge in [-0.15, -0.1) is 0 Å². The summed E-state index contributed by atoms with van der Waals surface area (Å²) < 4.78 is 20.1. The van der Waals surface area contributed by atoms with Gasteiger partial charge in [0, 0.05) is 68.1 Å². The predicted molar refractivity (Wildman–Crippen MR) is 152 cm³/mol. The van der Waals surface area contributed by atoms with Crippen molar-refractivity contribution in [3.05, 3.63) is 84.3 Å². The van der Waals surface area contributed by atoms with E-state index < -0.39 is 0 Å². The standard InChI is InChI=1S/C31H37FN4O/c1-3-35(4-2)26-10-7-11-27(22-26)37-31-13-6-5-12-30(31)36-19-17-34(18-20-36)16-8-9-24-23-33-29-15-14-25(32)21-28(24)29/h5-7,10-15,21-23,33H,3-4,8-9,16-20H2,1-2H3. The van der Waals surface area contributed by atoms with E-state index >= 15 is 0 Å². The molecule has 0 bridgehead atoms. The summed E-state index contributed by atoms with van der Waals surface area (Å²) in [7, 11) is 0. The maximum atomic E-state index is 13.7. The minimum absolute atomic E-state index is 0.176. The van der Waals surface area contributed by atoms with Crippen LogP contribution in [0.1, 0.15) is 25.8 Å². The highest BCUT2D eigenvalue weighted by molar-refractivity contribution is 5.83. The van der Waals surface area contributed by atoms with Gasteiger partial charge in [0.25, 0.3) is 0 Å². The molecular weight excluding hydrogens is 463 g/mol. The second-order valence-electron chi connectivity index (χ2n) is 9.68. The third kappa shape index (κ3) is 5.91. The SMILES string of the molecule is CCN(CC)c1cccc(Oc2ccccc2N2CCN(CCCc3c[nH]c4ccc(F)cc34)CC2)c1. The number of halogens is 1. The molecule has 1 N–H and O–H groups in total. The number of hydrogen-bond acceptors (Lipinski definition) is 4. The number of benzene rings is 3. The van der Waals surface area contributed by atoms with Gasteiger partial charge in [0.05, 0.1) is 5.69 Å². The van der Waals surface area contributed by atoms with E-state index in [0.717, 1.165) is 86.7 Å². The van der Waals surface area contributed by atoms with E-state index in [0.29, 0.717) is 0 Å². The van der Waals surface area contributed by atoms with Crippen molar-refractivity contribution < 1.29 is 9.13 Å². The lowest BCUT2D eigenvalue weighted by Gasteiger charge is -2.36. The van der Waals surface area contributed by atoms with Crippen LogP contribution < -0.4 is 14.5 Å². The number of para-hydroxylation sites is 2. The van der Waals surface area contributed by atoms with Crippen LogP contribution in [0, 0.1) is 5.82 Å². The van der Waals surface area contributed by atoms with Gasteiger partial charge in [-0.1, -0.05) is 18.2 Å². The molecule has 1 aromatic heterocycles. The van der Waals surface area contributed by atoms with Crippen molar-refractivity contribution in [2.24, 2.45) is 0 Å². The normalized spacial score (nSPS) is 14.3. The smallest absolute Gasteiger partial charge is 0.150 e. The van der Waals surface area contributed by atoms with E-state index in [9.17, 15) is 4.39 Å². The first-order valence-electron chi connectivity index (χ1n) is 13.5. The maximum Gasteiger partial charge on any atom is 0.150 e. The molecule has 0 unspecified atom stereocenters. The summed E-state index contributed by atoms with van der Waals surface area (Å²) >= 11 is 0. The number of nitrogens with zero attached hydrogens (tertiary/aromatic N) is 3. The average Bonchev–Trinajstić information content (AvgIpc) is 3.32. The molecule has 194 valence electrons. The Morgan fingerprint density at radius 1 is 0.919 bits per heavy atom. The molecule has 37 heavy (non-hydrogen) atoms. The number of hydrogen-bond donors (Lipinski definition) is 1. The molecule has 4 aromatic rings. The molecular formula is C31H37FN4O. The summed E-state index contributed by atoms with van der Waals surface area (Å²) in [5.74, 6) is 1.59. The fourth-order valence-corrected chi connectivity index (χ4v) is 5.33. The lowest BCUT2D eigenvalue weighted by Crippen LogP contribution is -2.46. The largest absolute Gasteiger partial charge is 0.455 e. The van der Waals surface area contributed by atoms with Crippen LogP contribution in [0.4, 0.5) is 15.8 Å². The van der Waals surface area contributed by atoms with E-state index in [-0.39, 0.29) is 5.82 Å². The van der Waals surface area contributed by atoms with E-state index in [4.69, 9.17) is 4.74 Å². The van der Waals surface area contributed by atoms with Gasteiger partial charge in [-0.2, -0.15) is 0 Å². The highest BCUT2D eigenvalue weighted by atomic mass is 19.1. The van der Waals surface area contributed by atoms with Crippen molar-refractivity contribution in [2.45, 2.75) is 26.7 Å². The van der Waals surface area contributed by atoms with Gasteiger partial charge in [-0.25, -0.2) is 4.39 Å². The average molecular weight is 501 g/mol. The summed E-state index contributed by atoms with van der Waals surface area (Å²) in [6.07, 6.45) is 4.04. The second-order valence-corrected chi connectivity index (χ2v) is 9.68. The van der Waals surface area contributed by atoms with E-state index in [2.05, 4.69) is 69.9 Å². The quantitative estimate of drug-likeness (QED) is 0.263. The third-order valence-corrected chi connectivity index (χ3v) is 7.40. The molecule has 1 saturated heterocycles. The summed E-state index contributed by atoms with van der Waals surface area (Å²) in [5.41, 5.74) is 4.54. The Morgan fingerprint density at radius 3 is 2.54 bits per heavy atom. The van der Waals surface area contributed by atoms with Crippen LogP contribution in [0.25, 0.3) is 10.9 Å². The van der Waals surface area contributed by atoms with Gasteiger partial charge in [-0.3, -0.25) is 4.90 Å². The van der Waals surface area contributed by atoms with Crippen molar-refractivity contribution in [2.75, 3.05) is 55.6 Å². The number of piperazine rings is 1. The Hall–Kier alpha value is -3.51. The lowest BCUT2D eigenvalue weighted by molar-refractivity contribution is 0.254. The summed E-state index contributed by atoms with van der Waals surface area (Å²) in [4.78, 5) is 10.6. The molecule has 0 spiro atoms. The summed E-state index contributed by atoms with van der Waals surface area (Å²) in [6, 6.07) is 21.7. The van der Waals surface area contributed by atoms with Crippen LogP contribution in [-0.2, 0) is 6.42 Å². The zero-order valence-corrected chi connectivity index (χ0v) is 21.9. The van der Waals surface area contributed by atoms with Crippen LogP contribution in [-0.4, -0.2) is 55.7 Å². The number of aromatic amines is 1. The zero-order valence-electron chi connectivity index (χ0n) is 21.9. The van der Waals surface area contributed by atoms with Gasteiger partial charge in [0.2, 0.25) is 0 Å². The minimum atomic E-state index is -0.176. The molecule has 1 aliphatic rings. The van der Waals surface area contributed by atoms with E-state index in [1.54, 1.807) is 6.07 Å². The van der Waals surface area contributed by atoms with Crippen molar-refractivity contribution in [1.29, 1.82) is 0 Å². The van der Waals surface area contributed by atoms with Gasteiger partial charge >= 0.3 is 0 Å². The Kier molecular flexibility index (Phi) is 7.95. The van der Waals surface area contributed by atoms with E-state index in [1.807, 2.05) is 24.4 Å². The monoisotopic (exact) mass is 500 g/mol. The van der Waals surface area contributed by atoms with Gasteiger partial charge in [0.15, 0.2) is 5.75 Å². The number of aryl methyl sites for hydroxylation is 1. The van der Waals surface area contributed by atoms with Gasteiger partial charge < -0.3 is 19.5 Å². The van der Waals surface area contributed by atoms with Gasteiger partial charge in [0.1, 0.15) is 11.6 Å². The fourth-order valence-electron chi connectivity index (χ4n) is 5.33. The molecule has 2 heterocycles. The molecule has 0 atom stereocenters. The zero-order chi connectivity index (χ0) is 25.6. The number of nitrogens with one attached hydrogen (secondary N) is 1. The maximum absolute atomic E-state index is 13.7. The van der Waals surface area contributed by atoms with Crippen molar-refractivity contribution in [3.8, 4) is 11.5 Å². The predicted octanol–water partition coefficient (Wildman–Crippen LogP) is 6.70. The Morgan fingerprint density at radius 2 is 1.73 bits per heavy atom. The molecule has 0 saturated carbocycles. The first-order valence-corrected chi connectivity index (χ1v) is 13.5. The fraction of sp³-hybridized carbons (Fsp3) is 0.355. The van der Waals surface area contributed by atoms with Crippen LogP contribution >= 0.6 is 0 Å². The Balaban J connectivity index is 1.17. The number of ether oxygens (including phenoxy) is 1. The second kappa shape index (κ2) is 11.7. The number of fused-ring (bicyclic) bond motifs is 1. The lowest BCUT2D eigenvalue weighted by atomic mass is 10.1. The molecule has 0 amide bonds. The number of anilines is 2. The molecule has 0 radical (unpaired) electrons. The van der Waals surface area contributed by atoms with Crippen LogP contribution in [0.5, 0.6) is 11.5 Å². The first kappa shape index (κ1) is 25.2. The van der Waals surface area contributed by atoms with E-state index in [1.165, 1.54) is 17.3 Å². The number of aromatic nitrogens is 1. The highest BCUT2D eigenvalue weighted by Crippen LogP contribution is 2.34. The van der Waals surface area contributed by atoms with Crippen LogP contribution in [0.15, 0.2) is 72.9 Å². The minimum Gasteiger partial charge on any atom is -0.455 e. The molecule has 1 aliphatic heterocycles. The van der Waals surface area contributed by atoms with Crippen molar-refractivity contribution in [1.82, 2.24) is 9.88 Å². The molecule has 0 aliphatic carbocycles. The van der Waals surface area contributed by atoms with Crippen molar-refractivity contribution >= 4 is 22.3 Å². The highest BCUT2D eigenvalue weighted by Gasteiger charge is 2.20. The number of rotatable bonds is 10. The molecule has 6 heteroatoms. The Bertz CT molecular complexity index is 1310. The summed E-state index contributed by atoms with van der Waals surface area (Å²) in [5, 5.41) is 1.00. The topological polar surface area (TPSA) is 34.7 Å². The van der Waals surface area contributed by atoms with Gasteiger partial charge in [-0.05, 0) is 81.3 Å². The van der Waals surface area contributed by atoms with Crippen LogP contribution in [0.2, 0.25) is 0 Å². The molecule has 3 aromatic carbocycles. The molecule has 5 rings (SSSR count). The first-order chi connectivity index (χ1) is 18.1. The molecule has 5 nitrogen and oxygen atoms in total. The number of H-pyrrole nitrogens is 1. The Labute approximate surface area is 219 Å². The molecule has 1 fully saturated rings. The third-order valence-electron chi connectivity index (χ3n) is 7.40. The van der Waals surface area contributed by atoms with Crippen molar-refractivity contribution in [3.63, 3.8) is 0 Å². The summed E-state index contributed by atoms with van der Waals surface area (Å²) in [6.45, 7) is 11.3.